The number of rotatable bonds is 3. The number of halogens is 1. The monoisotopic (exact) mass is 334 g/mol. The molecule has 2 aromatic rings. The van der Waals surface area contributed by atoms with E-state index in [1.54, 1.807) is 0 Å². The third-order valence-electron chi connectivity index (χ3n) is 4.10. The Hall–Kier alpha value is -1.29. The van der Waals surface area contributed by atoms with Crippen molar-refractivity contribution in [2.24, 2.45) is 5.92 Å². The molecule has 0 aliphatic heterocycles. The van der Waals surface area contributed by atoms with E-state index in [0.29, 0.717) is 11.7 Å². The van der Waals surface area contributed by atoms with Gasteiger partial charge < -0.3 is 10.3 Å². The molecule has 0 amide bonds. The van der Waals surface area contributed by atoms with Gasteiger partial charge in [-0.1, -0.05) is 65.3 Å². The van der Waals surface area contributed by atoms with E-state index < -0.39 is 0 Å². The second-order valence-corrected chi connectivity index (χ2v) is 6.50. The molecule has 20 heavy (non-hydrogen) atoms. The summed E-state index contributed by atoms with van der Waals surface area (Å²) >= 11 is 3.50. The predicted molar refractivity (Wildman–Crippen MR) is 84.3 cm³/mol. The summed E-state index contributed by atoms with van der Waals surface area (Å²) in [6, 6.07) is 8.13. The van der Waals surface area contributed by atoms with Crippen molar-refractivity contribution in [3.8, 4) is 11.1 Å². The highest BCUT2D eigenvalue weighted by Gasteiger charge is 2.21. The first-order valence-corrected chi connectivity index (χ1v) is 8.03. The molecule has 1 aromatic carbocycles. The Morgan fingerprint density at radius 2 is 2.05 bits per heavy atom. The van der Waals surface area contributed by atoms with Gasteiger partial charge in [-0.15, -0.1) is 0 Å². The summed E-state index contributed by atoms with van der Waals surface area (Å²) in [6.07, 6.45) is 7.57. The second kappa shape index (κ2) is 6.00. The summed E-state index contributed by atoms with van der Waals surface area (Å²) in [6.45, 7) is 0. The van der Waals surface area contributed by atoms with Crippen molar-refractivity contribution in [1.29, 1.82) is 0 Å². The van der Waals surface area contributed by atoms with Crippen LogP contribution in [-0.4, -0.2) is 5.16 Å². The smallest absolute Gasteiger partial charge is 0.175 e. The lowest BCUT2D eigenvalue weighted by Gasteiger charge is -2.20. The molecule has 3 nitrogen and oxygen atoms in total. The van der Waals surface area contributed by atoms with E-state index in [1.807, 2.05) is 12.1 Å². The molecule has 4 heteroatoms. The summed E-state index contributed by atoms with van der Waals surface area (Å²) in [7, 11) is 0. The van der Waals surface area contributed by atoms with E-state index in [4.69, 9.17) is 10.3 Å². The van der Waals surface area contributed by atoms with Crippen LogP contribution in [0, 0.1) is 5.92 Å². The Morgan fingerprint density at radius 3 is 2.80 bits per heavy atom. The number of aromatic nitrogens is 1. The normalized spacial score (nSPS) is 16.4. The summed E-state index contributed by atoms with van der Waals surface area (Å²) in [5, 5.41) is 3.98. The van der Waals surface area contributed by atoms with E-state index in [0.717, 1.165) is 27.8 Å². The number of nitrogens with zero attached hydrogens (tertiary/aromatic N) is 1. The summed E-state index contributed by atoms with van der Waals surface area (Å²) < 4.78 is 6.54. The van der Waals surface area contributed by atoms with Crippen molar-refractivity contribution in [3.63, 3.8) is 0 Å². The van der Waals surface area contributed by atoms with Gasteiger partial charge in [-0.3, -0.25) is 0 Å². The van der Waals surface area contributed by atoms with Crippen molar-refractivity contribution in [1.82, 2.24) is 5.16 Å². The molecule has 0 unspecified atom stereocenters. The molecule has 1 aromatic heterocycles. The van der Waals surface area contributed by atoms with E-state index in [2.05, 4.69) is 33.2 Å². The van der Waals surface area contributed by atoms with Gasteiger partial charge >= 0.3 is 0 Å². The molecule has 0 radical (unpaired) electrons. The topological polar surface area (TPSA) is 52.0 Å². The van der Waals surface area contributed by atoms with Crippen LogP contribution in [0.1, 0.15) is 37.9 Å². The number of nitrogen functional groups attached to an aromatic ring is 1. The Morgan fingerprint density at radius 1 is 1.25 bits per heavy atom. The van der Waals surface area contributed by atoms with Gasteiger partial charge in [-0.2, -0.15) is 0 Å². The van der Waals surface area contributed by atoms with Gasteiger partial charge in [0, 0.05) is 10.9 Å². The predicted octanol–water partition coefficient (Wildman–Crippen LogP) is 4.81. The fourth-order valence-corrected chi connectivity index (χ4v) is 3.48. The maximum Gasteiger partial charge on any atom is 0.175 e. The van der Waals surface area contributed by atoms with Crippen molar-refractivity contribution in [2.75, 3.05) is 5.73 Å². The highest BCUT2D eigenvalue weighted by atomic mass is 79.9. The zero-order chi connectivity index (χ0) is 13.9. The number of nitrogens with two attached hydrogens (primary N) is 1. The van der Waals surface area contributed by atoms with Crippen LogP contribution in [0.4, 0.5) is 5.82 Å². The molecule has 3 rings (SSSR count). The molecular weight excluding hydrogens is 316 g/mol. The molecule has 0 bridgehead atoms. The highest BCUT2D eigenvalue weighted by molar-refractivity contribution is 9.10. The summed E-state index contributed by atoms with van der Waals surface area (Å²) in [5.74, 6) is 2.14. The number of hydrogen-bond acceptors (Lipinski definition) is 3. The third kappa shape index (κ3) is 2.90. The first-order chi connectivity index (χ1) is 9.74. The van der Waals surface area contributed by atoms with Gasteiger partial charge in [-0.25, -0.2) is 0 Å². The zero-order valence-corrected chi connectivity index (χ0v) is 13.0. The molecule has 0 atom stereocenters. The van der Waals surface area contributed by atoms with E-state index in [-0.39, 0.29) is 0 Å². The van der Waals surface area contributed by atoms with Crippen LogP contribution in [0.15, 0.2) is 33.3 Å². The molecule has 1 saturated carbocycles. The lowest BCUT2D eigenvalue weighted by molar-refractivity contribution is 0.311. The van der Waals surface area contributed by atoms with Crippen molar-refractivity contribution < 1.29 is 4.52 Å². The first kappa shape index (κ1) is 13.7. The van der Waals surface area contributed by atoms with Gasteiger partial charge in [0.05, 0.1) is 5.56 Å². The Bertz CT molecular complexity index is 588. The van der Waals surface area contributed by atoms with Gasteiger partial charge in [0.1, 0.15) is 5.76 Å². The van der Waals surface area contributed by atoms with E-state index in [1.165, 1.54) is 32.1 Å². The van der Waals surface area contributed by atoms with Gasteiger partial charge in [0.25, 0.3) is 0 Å². The average molecular weight is 335 g/mol. The standard InChI is InChI=1S/C16H19BrN2O/c17-13-8-4-7-12(10-13)15-14(20-19-16(15)18)9-11-5-2-1-3-6-11/h4,7-8,10-11H,1-3,5-6,9H2,(H2,18,19). The van der Waals surface area contributed by atoms with Gasteiger partial charge in [0.15, 0.2) is 5.82 Å². The number of hydrogen-bond donors (Lipinski definition) is 1. The minimum atomic E-state index is 0.494. The van der Waals surface area contributed by atoms with Crippen LogP contribution in [0.25, 0.3) is 11.1 Å². The molecular formula is C16H19BrN2O. The van der Waals surface area contributed by atoms with Crippen molar-refractivity contribution in [3.05, 3.63) is 34.5 Å². The molecule has 1 aliphatic carbocycles. The van der Waals surface area contributed by atoms with Crippen LogP contribution >= 0.6 is 15.9 Å². The first-order valence-electron chi connectivity index (χ1n) is 7.24. The molecule has 0 saturated heterocycles. The van der Waals surface area contributed by atoms with Crippen LogP contribution in [0.2, 0.25) is 0 Å². The zero-order valence-electron chi connectivity index (χ0n) is 11.4. The molecule has 1 fully saturated rings. The van der Waals surface area contributed by atoms with Crippen LogP contribution in [0.5, 0.6) is 0 Å². The fraction of sp³-hybridized carbons (Fsp3) is 0.438. The molecule has 0 spiro atoms. The maximum absolute atomic E-state index is 6.01. The second-order valence-electron chi connectivity index (χ2n) is 5.58. The third-order valence-corrected chi connectivity index (χ3v) is 4.59. The highest BCUT2D eigenvalue weighted by Crippen LogP contribution is 2.35. The minimum absolute atomic E-state index is 0.494. The number of anilines is 1. The fourth-order valence-electron chi connectivity index (χ4n) is 3.08. The molecule has 2 N–H and O–H groups in total. The lowest BCUT2D eigenvalue weighted by Crippen LogP contribution is -2.09. The SMILES string of the molecule is Nc1noc(CC2CCCCC2)c1-c1cccc(Br)c1. The Balaban J connectivity index is 1.89. The quantitative estimate of drug-likeness (QED) is 0.876. The Labute approximate surface area is 127 Å². The summed E-state index contributed by atoms with van der Waals surface area (Å²) in [4.78, 5) is 0. The van der Waals surface area contributed by atoms with Crippen LogP contribution in [-0.2, 0) is 6.42 Å². The van der Waals surface area contributed by atoms with Crippen molar-refractivity contribution in [2.45, 2.75) is 38.5 Å². The number of benzene rings is 1. The van der Waals surface area contributed by atoms with Crippen molar-refractivity contribution >= 4 is 21.7 Å². The Kier molecular flexibility index (Phi) is 4.10. The minimum Gasteiger partial charge on any atom is -0.380 e. The van der Waals surface area contributed by atoms with Gasteiger partial charge in [0.2, 0.25) is 0 Å². The van der Waals surface area contributed by atoms with E-state index in [9.17, 15) is 0 Å². The lowest BCUT2D eigenvalue weighted by atomic mass is 9.85. The van der Waals surface area contributed by atoms with Gasteiger partial charge in [-0.05, 0) is 23.6 Å². The van der Waals surface area contributed by atoms with E-state index >= 15 is 0 Å². The molecule has 1 heterocycles. The largest absolute Gasteiger partial charge is 0.380 e. The molecule has 1 aliphatic rings. The molecule has 106 valence electrons. The van der Waals surface area contributed by atoms with Crippen LogP contribution in [0.3, 0.4) is 0 Å². The maximum atomic E-state index is 6.01. The summed E-state index contributed by atoms with van der Waals surface area (Å²) in [5.41, 5.74) is 8.05. The average Bonchev–Trinajstić information content (AvgIpc) is 2.81. The van der Waals surface area contributed by atoms with Crippen LogP contribution < -0.4 is 5.73 Å².